The maximum atomic E-state index is 12.0. The first-order valence-corrected chi connectivity index (χ1v) is 7.27. The molecule has 0 N–H and O–H groups in total. The largest absolute Gasteiger partial charge is 0.468 e. The molecule has 0 aliphatic carbocycles. The first-order chi connectivity index (χ1) is 8.75. The molecular formula is C12H15NO5S. The van der Waals surface area contributed by atoms with Gasteiger partial charge in [0.25, 0.3) is 5.91 Å². The van der Waals surface area contributed by atoms with Crippen LogP contribution in [0, 0.1) is 0 Å². The zero-order chi connectivity index (χ0) is 14.6. The van der Waals surface area contributed by atoms with Crippen LogP contribution in [0.5, 0.6) is 0 Å². The van der Waals surface area contributed by atoms with E-state index in [0.717, 1.165) is 11.2 Å². The van der Waals surface area contributed by atoms with Crippen molar-refractivity contribution in [2.45, 2.75) is 4.90 Å². The van der Waals surface area contributed by atoms with E-state index >= 15 is 0 Å². The van der Waals surface area contributed by atoms with Crippen molar-refractivity contribution in [2.75, 3.05) is 27.0 Å². The summed E-state index contributed by atoms with van der Waals surface area (Å²) < 4.78 is 27.3. The Morgan fingerprint density at radius 3 is 2.47 bits per heavy atom. The molecule has 0 atom stereocenters. The van der Waals surface area contributed by atoms with Gasteiger partial charge in [0.2, 0.25) is 0 Å². The predicted octanol–water partition coefficient (Wildman–Crippen LogP) is 0.335. The lowest BCUT2D eigenvalue weighted by molar-refractivity contribution is -0.141. The van der Waals surface area contributed by atoms with E-state index in [9.17, 15) is 18.0 Å². The van der Waals surface area contributed by atoms with Gasteiger partial charge in [0.15, 0.2) is 9.84 Å². The third kappa shape index (κ3) is 4.06. The third-order valence-electron chi connectivity index (χ3n) is 2.45. The Balaban J connectivity index is 2.98. The fraction of sp³-hybridized carbons (Fsp3) is 0.333. The van der Waals surface area contributed by atoms with E-state index in [2.05, 4.69) is 4.74 Å². The lowest BCUT2D eigenvalue weighted by atomic mass is 10.2. The lowest BCUT2D eigenvalue weighted by Crippen LogP contribution is -2.32. The molecular weight excluding hydrogens is 270 g/mol. The highest BCUT2D eigenvalue weighted by molar-refractivity contribution is 7.90. The third-order valence-corrected chi connectivity index (χ3v) is 3.56. The number of esters is 1. The average Bonchev–Trinajstić information content (AvgIpc) is 2.36. The van der Waals surface area contributed by atoms with Gasteiger partial charge in [-0.15, -0.1) is 0 Å². The zero-order valence-electron chi connectivity index (χ0n) is 10.9. The van der Waals surface area contributed by atoms with Crippen LogP contribution >= 0.6 is 0 Å². The number of hydrogen-bond acceptors (Lipinski definition) is 5. The summed E-state index contributed by atoms with van der Waals surface area (Å²) in [7, 11) is -0.711. The van der Waals surface area contributed by atoms with Gasteiger partial charge in [0.05, 0.1) is 12.0 Å². The maximum Gasteiger partial charge on any atom is 0.325 e. The standard InChI is InChI=1S/C12H15NO5S/c1-13(8-11(14)18-2)12(15)9-5-4-6-10(7-9)19(3,16)17/h4-7H,8H2,1-3H3. The molecule has 0 aliphatic rings. The van der Waals surface area contributed by atoms with Crippen molar-refractivity contribution in [3.8, 4) is 0 Å². The van der Waals surface area contributed by atoms with E-state index < -0.39 is 21.7 Å². The second-order valence-corrected chi connectivity index (χ2v) is 6.05. The fourth-order valence-electron chi connectivity index (χ4n) is 1.41. The number of nitrogens with zero attached hydrogens (tertiary/aromatic N) is 1. The molecule has 104 valence electrons. The van der Waals surface area contributed by atoms with Gasteiger partial charge in [-0.25, -0.2) is 8.42 Å². The summed E-state index contributed by atoms with van der Waals surface area (Å²) in [5, 5.41) is 0. The minimum Gasteiger partial charge on any atom is -0.468 e. The van der Waals surface area contributed by atoms with Crippen molar-refractivity contribution in [1.29, 1.82) is 0 Å². The van der Waals surface area contributed by atoms with Crippen LogP contribution in [0.1, 0.15) is 10.4 Å². The fourth-order valence-corrected chi connectivity index (χ4v) is 2.08. The van der Waals surface area contributed by atoms with Crippen molar-refractivity contribution >= 4 is 21.7 Å². The smallest absolute Gasteiger partial charge is 0.325 e. The van der Waals surface area contributed by atoms with E-state index in [0.29, 0.717) is 0 Å². The molecule has 0 saturated carbocycles. The van der Waals surface area contributed by atoms with Crippen molar-refractivity contribution in [2.24, 2.45) is 0 Å². The molecule has 0 radical (unpaired) electrons. The number of hydrogen-bond donors (Lipinski definition) is 0. The number of rotatable bonds is 4. The van der Waals surface area contributed by atoms with Crippen LogP contribution in [0.15, 0.2) is 29.2 Å². The van der Waals surface area contributed by atoms with E-state index in [1.807, 2.05) is 0 Å². The minimum absolute atomic E-state index is 0.0600. The number of amides is 1. The Morgan fingerprint density at radius 2 is 1.95 bits per heavy atom. The highest BCUT2D eigenvalue weighted by Crippen LogP contribution is 2.12. The minimum atomic E-state index is -3.37. The van der Waals surface area contributed by atoms with E-state index in [4.69, 9.17) is 0 Å². The topological polar surface area (TPSA) is 80.8 Å². The van der Waals surface area contributed by atoms with Gasteiger partial charge in [0.1, 0.15) is 6.54 Å². The van der Waals surface area contributed by atoms with Gasteiger partial charge in [-0.3, -0.25) is 9.59 Å². The van der Waals surface area contributed by atoms with Crippen LogP contribution < -0.4 is 0 Å². The molecule has 1 rings (SSSR count). The molecule has 1 aromatic carbocycles. The Kier molecular flexibility index (Phi) is 4.66. The first-order valence-electron chi connectivity index (χ1n) is 5.38. The van der Waals surface area contributed by atoms with Crippen molar-refractivity contribution in [1.82, 2.24) is 4.90 Å². The van der Waals surface area contributed by atoms with Gasteiger partial charge in [-0.2, -0.15) is 0 Å². The van der Waals surface area contributed by atoms with Gasteiger partial charge < -0.3 is 9.64 Å². The van der Waals surface area contributed by atoms with Gasteiger partial charge >= 0.3 is 5.97 Å². The van der Waals surface area contributed by atoms with Gasteiger partial charge in [-0.1, -0.05) is 6.07 Å². The molecule has 0 aliphatic heterocycles. The molecule has 0 bridgehead atoms. The van der Waals surface area contributed by atoms with E-state index in [1.165, 1.54) is 38.4 Å². The molecule has 0 heterocycles. The predicted molar refractivity (Wildman–Crippen MR) is 68.5 cm³/mol. The van der Waals surface area contributed by atoms with E-state index in [-0.39, 0.29) is 17.0 Å². The molecule has 0 fully saturated rings. The average molecular weight is 285 g/mol. The summed E-state index contributed by atoms with van der Waals surface area (Å²) >= 11 is 0. The molecule has 0 saturated heterocycles. The molecule has 1 aromatic rings. The Labute approximate surface area is 111 Å². The SMILES string of the molecule is COC(=O)CN(C)C(=O)c1cccc(S(C)(=O)=O)c1. The first kappa shape index (κ1) is 15.2. The number of carbonyl (C=O) groups excluding carboxylic acids is 2. The molecule has 19 heavy (non-hydrogen) atoms. The molecule has 0 aromatic heterocycles. The summed E-state index contributed by atoms with van der Waals surface area (Å²) in [6.07, 6.45) is 1.06. The van der Waals surface area contributed by atoms with Gasteiger partial charge in [-0.05, 0) is 18.2 Å². The number of ether oxygens (including phenoxy) is 1. The van der Waals surface area contributed by atoms with Crippen LogP contribution in [0.2, 0.25) is 0 Å². The Morgan fingerprint density at radius 1 is 1.32 bits per heavy atom. The molecule has 1 amide bonds. The monoisotopic (exact) mass is 285 g/mol. The molecule has 0 spiro atoms. The Hall–Kier alpha value is -1.89. The van der Waals surface area contributed by atoms with Crippen molar-refractivity contribution in [3.63, 3.8) is 0 Å². The van der Waals surface area contributed by atoms with Crippen LogP contribution in [-0.2, 0) is 19.4 Å². The lowest BCUT2D eigenvalue weighted by Gasteiger charge is -2.15. The second-order valence-electron chi connectivity index (χ2n) is 4.04. The zero-order valence-corrected chi connectivity index (χ0v) is 11.7. The van der Waals surface area contributed by atoms with Crippen LogP contribution in [0.3, 0.4) is 0 Å². The number of likely N-dealkylation sites (N-methyl/N-ethyl adjacent to an activating group) is 1. The number of benzene rings is 1. The normalized spacial score (nSPS) is 10.9. The number of sulfone groups is 1. The highest BCUT2D eigenvalue weighted by Gasteiger charge is 2.17. The molecule has 0 unspecified atom stereocenters. The molecule has 7 heteroatoms. The number of methoxy groups -OCH3 is 1. The van der Waals surface area contributed by atoms with Crippen molar-refractivity contribution in [3.05, 3.63) is 29.8 Å². The van der Waals surface area contributed by atoms with E-state index in [1.54, 1.807) is 0 Å². The Bertz CT molecular complexity index is 594. The van der Waals surface area contributed by atoms with Crippen molar-refractivity contribution < 1.29 is 22.7 Å². The summed E-state index contributed by atoms with van der Waals surface area (Å²) in [4.78, 5) is 24.3. The van der Waals surface area contributed by atoms with Crippen LogP contribution in [-0.4, -0.2) is 52.2 Å². The molecule has 6 nitrogen and oxygen atoms in total. The quantitative estimate of drug-likeness (QED) is 0.745. The van der Waals surface area contributed by atoms with Crippen LogP contribution in [0.25, 0.3) is 0 Å². The second kappa shape index (κ2) is 5.83. The highest BCUT2D eigenvalue weighted by atomic mass is 32.2. The summed E-state index contributed by atoms with van der Waals surface area (Å²) in [5.41, 5.74) is 0.203. The summed E-state index contributed by atoms with van der Waals surface area (Å²) in [5.74, 6) is -0.994. The van der Waals surface area contributed by atoms with Gasteiger partial charge in [0, 0.05) is 18.9 Å². The summed E-state index contributed by atoms with van der Waals surface area (Å²) in [6, 6.07) is 5.66. The summed E-state index contributed by atoms with van der Waals surface area (Å²) in [6.45, 7) is -0.196. The maximum absolute atomic E-state index is 12.0. The number of carbonyl (C=O) groups is 2. The van der Waals surface area contributed by atoms with Crippen LogP contribution in [0.4, 0.5) is 0 Å².